The molecule has 1 saturated heterocycles. The largest absolute Gasteiger partial charge is 0.496 e. The molecule has 5 heteroatoms. The molecule has 0 bridgehead atoms. The van der Waals surface area contributed by atoms with Gasteiger partial charge in [-0.15, -0.1) is 0 Å². The summed E-state index contributed by atoms with van der Waals surface area (Å²) in [6, 6.07) is 6.17. The Morgan fingerprint density at radius 3 is 2.76 bits per heavy atom. The molecule has 2 atom stereocenters. The van der Waals surface area contributed by atoms with Crippen molar-refractivity contribution in [2.24, 2.45) is 0 Å². The fourth-order valence-corrected chi connectivity index (χ4v) is 4.36. The Labute approximate surface area is 129 Å². The van der Waals surface area contributed by atoms with Gasteiger partial charge in [0.05, 0.1) is 7.11 Å². The van der Waals surface area contributed by atoms with Crippen molar-refractivity contribution in [3.8, 4) is 5.75 Å². The maximum absolute atomic E-state index is 12.6. The highest BCUT2D eigenvalue weighted by Gasteiger charge is 2.24. The maximum Gasteiger partial charge on any atom is 0.123 e. The highest BCUT2D eigenvalue weighted by molar-refractivity contribution is 7.85. The van der Waals surface area contributed by atoms with Gasteiger partial charge in [0, 0.05) is 46.6 Å². The number of hydrogen-bond acceptors (Lipinski definition) is 4. The standard InChI is InChI=1S/C16H25NO3S/c1-12-4-5-16(19-3)14(10-12)15(17-2)11-21(18)13-6-8-20-9-7-13/h4-5,10,13,15,17H,6-9,11H2,1-3H3. The van der Waals surface area contributed by atoms with Crippen molar-refractivity contribution >= 4 is 10.8 Å². The van der Waals surface area contributed by atoms with Crippen LogP contribution in [-0.4, -0.2) is 42.6 Å². The zero-order valence-electron chi connectivity index (χ0n) is 13.1. The van der Waals surface area contributed by atoms with Crippen LogP contribution < -0.4 is 10.1 Å². The Morgan fingerprint density at radius 1 is 1.43 bits per heavy atom. The topological polar surface area (TPSA) is 47.6 Å². The number of methoxy groups -OCH3 is 1. The summed E-state index contributed by atoms with van der Waals surface area (Å²) < 4.78 is 23.4. The fourth-order valence-electron chi connectivity index (χ4n) is 2.69. The summed E-state index contributed by atoms with van der Waals surface area (Å²) in [6.45, 7) is 3.52. The first kappa shape index (κ1) is 16.5. The number of nitrogens with one attached hydrogen (secondary N) is 1. The average Bonchev–Trinajstić information content (AvgIpc) is 2.53. The van der Waals surface area contributed by atoms with E-state index in [0.717, 1.165) is 37.4 Å². The first-order valence-corrected chi connectivity index (χ1v) is 8.80. The smallest absolute Gasteiger partial charge is 0.123 e. The van der Waals surface area contributed by atoms with Crippen molar-refractivity contribution in [2.75, 3.05) is 33.1 Å². The van der Waals surface area contributed by atoms with E-state index in [-0.39, 0.29) is 11.3 Å². The molecule has 1 aliphatic heterocycles. The second-order valence-electron chi connectivity index (χ2n) is 5.45. The summed E-state index contributed by atoms with van der Waals surface area (Å²) >= 11 is 0. The first-order valence-electron chi connectivity index (χ1n) is 7.42. The molecular formula is C16H25NO3S. The third-order valence-electron chi connectivity index (χ3n) is 3.98. The molecule has 1 fully saturated rings. The van der Waals surface area contributed by atoms with Gasteiger partial charge in [0.2, 0.25) is 0 Å². The fraction of sp³-hybridized carbons (Fsp3) is 0.625. The molecule has 0 spiro atoms. The van der Waals surface area contributed by atoms with Crippen LogP contribution in [0.1, 0.15) is 30.0 Å². The molecule has 1 N–H and O–H groups in total. The van der Waals surface area contributed by atoms with Crippen LogP contribution in [-0.2, 0) is 15.5 Å². The van der Waals surface area contributed by atoms with Gasteiger partial charge >= 0.3 is 0 Å². The highest BCUT2D eigenvalue weighted by Crippen LogP contribution is 2.28. The van der Waals surface area contributed by atoms with Gasteiger partial charge in [0.25, 0.3) is 0 Å². The van der Waals surface area contributed by atoms with Gasteiger partial charge in [-0.2, -0.15) is 0 Å². The van der Waals surface area contributed by atoms with Crippen LogP contribution in [0.5, 0.6) is 5.75 Å². The van der Waals surface area contributed by atoms with E-state index in [1.165, 1.54) is 5.56 Å². The molecule has 4 nitrogen and oxygen atoms in total. The van der Waals surface area contributed by atoms with Gasteiger partial charge < -0.3 is 14.8 Å². The summed E-state index contributed by atoms with van der Waals surface area (Å²) in [5.41, 5.74) is 2.27. The molecule has 1 heterocycles. The van der Waals surface area contributed by atoms with Crippen molar-refractivity contribution in [1.29, 1.82) is 0 Å². The quantitative estimate of drug-likeness (QED) is 0.875. The molecule has 0 radical (unpaired) electrons. The molecule has 1 aromatic carbocycles. The minimum Gasteiger partial charge on any atom is -0.496 e. The minimum absolute atomic E-state index is 0.0449. The molecule has 2 unspecified atom stereocenters. The third kappa shape index (κ3) is 4.28. The Balaban J connectivity index is 2.12. The van der Waals surface area contributed by atoms with Crippen molar-refractivity contribution in [3.63, 3.8) is 0 Å². The molecule has 0 aromatic heterocycles. The van der Waals surface area contributed by atoms with Crippen LogP contribution in [0, 0.1) is 6.92 Å². The van der Waals surface area contributed by atoms with E-state index in [0.29, 0.717) is 5.75 Å². The van der Waals surface area contributed by atoms with Crippen molar-refractivity contribution < 1.29 is 13.7 Å². The molecule has 1 aromatic rings. The van der Waals surface area contributed by atoms with Gasteiger partial charge in [-0.05, 0) is 32.9 Å². The van der Waals surface area contributed by atoms with Gasteiger partial charge in [-0.1, -0.05) is 17.7 Å². The normalized spacial score (nSPS) is 19.2. The van der Waals surface area contributed by atoms with E-state index < -0.39 is 10.8 Å². The predicted octanol–water partition coefficient (Wildman–Crippen LogP) is 2.19. The third-order valence-corrected chi connectivity index (χ3v) is 5.86. The van der Waals surface area contributed by atoms with Crippen LogP contribution in [0.4, 0.5) is 0 Å². The summed E-state index contributed by atoms with van der Waals surface area (Å²) in [6.07, 6.45) is 1.79. The molecule has 0 aliphatic carbocycles. The number of ether oxygens (including phenoxy) is 2. The molecule has 1 aliphatic rings. The Morgan fingerprint density at radius 2 is 2.14 bits per heavy atom. The zero-order chi connectivity index (χ0) is 15.2. The Hall–Kier alpha value is -0.910. The van der Waals surface area contributed by atoms with Crippen LogP contribution in [0.3, 0.4) is 0 Å². The molecule has 2 rings (SSSR count). The van der Waals surface area contributed by atoms with Gasteiger partial charge in [-0.25, -0.2) is 0 Å². The van der Waals surface area contributed by atoms with Gasteiger partial charge in [-0.3, -0.25) is 4.21 Å². The lowest BCUT2D eigenvalue weighted by Gasteiger charge is -2.25. The molecule has 118 valence electrons. The van der Waals surface area contributed by atoms with E-state index in [9.17, 15) is 4.21 Å². The zero-order valence-corrected chi connectivity index (χ0v) is 13.9. The number of benzene rings is 1. The summed E-state index contributed by atoms with van der Waals surface area (Å²) in [7, 11) is 2.74. The summed E-state index contributed by atoms with van der Waals surface area (Å²) in [5, 5.41) is 3.54. The predicted molar refractivity (Wildman–Crippen MR) is 86.4 cm³/mol. The molecular weight excluding hydrogens is 286 g/mol. The molecule has 21 heavy (non-hydrogen) atoms. The SMILES string of the molecule is CNC(CS(=O)C1CCOCC1)c1cc(C)ccc1OC. The van der Waals surface area contributed by atoms with E-state index >= 15 is 0 Å². The second-order valence-corrected chi connectivity index (χ2v) is 7.21. The summed E-state index contributed by atoms with van der Waals surface area (Å²) in [4.78, 5) is 0. The Bertz CT molecular complexity index is 486. The van der Waals surface area contributed by atoms with Gasteiger partial charge in [0.1, 0.15) is 5.75 Å². The van der Waals surface area contributed by atoms with Crippen LogP contribution in [0.25, 0.3) is 0 Å². The van der Waals surface area contributed by atoms with Crippen LogP contribution in [0.2, 0.25) is 0 Å². The number of aryl methyl sites for hydroxylation is 1. The molecule has 0 saturated carbocycles. The first-order chi connectivity index (χ1) is 10.2. The monoisotopic (exact) mass is 311 g/mol. The van der Waals surface area contributed by atoms with Crippen molar-refractivity contribution in [1.82, 2.24) is 5.32 Å². The number of rotatable bonds is 6. The second kappa shape index (κ2) is 7.92. The average molecular weight is 311 g/mol. The maximum atomic E-state index is 12.6. The lowest BCUT2D eigenvalue weighted by Crippen LogP contribution is -2.31. The highest BCUT2D eigenvalue weighted by atomic mass is 32.2. The van der Waals surface area contributed by atoms with Crippen molar-refractivity contribution in [3.05, 3.63) is 29.3 Å². The van der Waals surface area contributed by atoms with E-state index in [4.69, 9.17) is 9.47 Å². The van der Waals surface area contributed by atoms with E-state index in [2.05, 4.69) is 18.3 Å². The van der Waals surface area contributed by atoms with Crippen LogP contribution in [0.15, 0.2) is 18.2 Å². The lowest BCUT2D eigenvalue weighted by molar-refractivity contribution is 0.0992. The number of hydrogen-bond donors (Lipinski definition) is 1. The Kier molecular flexibility index (Phi) is 6.21. The van der Waals surface area contributed by atoms with Crippen LogP contribution >= 0.6 is 0 Å². The van der Waals surface area contributed by atoms with E-state index in [1.807, 2.05) is 19.2 Å². The van der Waals surface area contributed by atoms with Crippen molar-refractivity contribution in [2.45, 2.75) is 31.1 Å². The minimum atomic E-state index is -0.852. The van der Waals surface area contributed by atoms with Gasteiger partial charge in [0.15, 0.2) is 0 Å². The van der Waals surface area contributed by atoms with E-state index in [1.54, 1.807) is 7.11 Å². The molecule has 0 amide bonds. The lowest BCUT2D eigenvalue weighted by atomic mass is 10.0. The summed E-state index contributed by atoms with van der Waals surface area (Å²) in [5.74, 6) is 1.46.